The number of thiophene rings is 1. The lowest BCUT2D eigenvalue weighted by atomic mass is 10.1. The Bertz CT molecular complexity index is 1010. The molecule has 0 aliphatic rings. The van der Waals surface area contributed by atoms with E-state index in [1.165, 1.54) is 33.2 Å². The number of aryl methyl sites for hydroxylation is 2. The predicted octanol–water partition coefficient (Wildman–Crippen LogP) is 2.80. The van der Waals surface area contributed by atoms with E-state index in [9.17, 15) is 14.7 Å². The number of nitrogens with one attached hydrogen (secondary N) is 1. The standard InChI is InChI=1S/C18H19N3O3S2/c1-11-3-4-13(9-12(11)2)19-15(23)10-26-18-20-14-5-8-25-16(14)17(24)21(18)6-7-22/h3-5,8-9,22H,6-7,10H2,1-2H3,(H,19,23). The summed E-state index contributed by atoms with van der Waals surface area (Å²) in [6.07, 6.45) is 0. The van der Waals surface area contributed by atoms with Gasteiger partial charge in [0.2, 0.25) is 5.91 Å². The van der Waals surface area contributed by atoms with Crippen molar-refractivity contribution in [2.75, 3.05) is 17.7 Å². The molecule has 6 nitrogen and oxygen atoms in total. The molecule has 0 bridgehead atoms. The third-order valence-corrected chi connectivity index (χ3v) is 5.85. The summed E-state index contributed by atoms with van der Waals surface area (Å²) in [5.41, 5.74) is 3.45. The maximum Gasteiger partial charge on any atom is 0.272 e. The van der Waals surface area contributed by atoms with E-state index in [1.807, 2.05) is 37.4 Å². The maximum absolute atomic E-state index is 12.5. The van der Waals surface area contributed by atoms with Crippen molar-refractivity contribution in [2.45, 2.75) is 25.5 Å². The number of anilines is 1. The molecule has 0 radical (unpaired) electrons. The summed E-state index contributed by atoms with van der Waals surface area (Å²) in [6, 6.07) is 7.53. The second-order valence-electron chi connectivity index (χ2n) is 5.85. The highest BCUT2D eigenvalue weighted by molar-refractivity contribution is 7.99. The van der Waals surface area contributed by atoms with E-state index in [1.54, 1.807) is 6.07 Å². The quantitative estimate of drug-likeness (QED) is 0.500. The third kappa shape index (κ3) is 3.98. The number of amides is 1. The Kier molecular flexibility index (Phi) is 5.75. The molecule has 1 amide bonds. The van der Waals surface area contributed by atoms with Crippen LogP contribution in [0.1, 0.15) is 11.1 Å². The largest absolute Gasteiger partial charge is 0.395 e. The van der Waals surface area contributed by atoms with Crippen LogP contribution in [0, 0.1) is 13.8 Å². The van der Waals surface area contributed by atoms with Crippen molar-refractivity contribution < 1.29 is 9.90 Å². The molecule has 0 aliphatic heterocycles. The molecule has 0 fully saturated rings. The first kappa shape index (κ1) is 18.6. The van der Waals surface area contributed by atoms with Crippen LogP contribution in [-0.4, -0.2) is 32.9 Å². The van der Waals surface area contributed by atoms with Crippen LogP contribution in [0.25, 0.3) is 10.2 Å². The van der Waals surface area contributed by atoms with Crippen LogP contribution < -0.4 is 10.9 Å². The van der Waals surface area contributed by atoms with Gasteiger partial charge >= 0.3 is 0 Å². The molecule has 0 saturated carbocycles. The first-order valence-corrected chi connectivity index (χ1v) is 9.95. The third-order valence-electron chi connectivity index (χ3n) is 3.98. The van der Waals surface area contributed by atoms with E-state index in [-0.39, 0.29) is 30.4 Å². The van der Waals surface area contributed by atoms with Gasteiger partial charge in [0, 0.05) is 5.69 Å². The summed E-state index contributed by atoms with van der Waals surface area (Å²) in [7, 11) is 0. The fourth-order valence-corrected chi connectivity index (χ4v) is 4.08. The van der Waals surface area contributed by atoms with Crippen molar-refractivity contribution in [3.63, 3.8) is 0 Å². The summed E-state index contributed by atoms with van der Waals surface area (Å²) < 4.78 is 1.98. The molecule has 0 spiro atoms. The number of fused-ring (bicyclic) bond motifs is 1. The fourth-order valence-electron chi connectivity index (χ4n) is 2.48. The Hall–Kier alpha value is -2.16. The number of rotatable bonds is 6. The molecule has 136 valence electrons. The summed E-state index contributed by atoms with van der Waals surface area (Å²) in [5.74, 6) is -0.0473. The van der Waals surface area contributed by atoms with Gasteiger partial charge in [0.05, 0.1) is 24.4 Å². The SMILES string of the molecule is Cc1ccc(NC(=O)CSc2nc3ccsc3c(=O)n2CCO)cc1C. The van der Waals surface area contributed by atoms with Gasteiger partial charge in [-0.15, -0.1) is 11.3 Å². The van der Waals surface area contributed by atoms with Gasteiger partial charge in [-0.05, 0) is 48.6 Å². The topological polar surface area (TPSA) is 84.2 Å². The van der Waals surface area contributed by atoms with Crippen LogP contribution >= 0.6 is 23.1 Å². The Labute approximate surface area is 158 Å². The Morgan fingerprint density at radius 3 is 2.85 bits per heavy atom. The molecule has 26 heavy (non-hydrogen) atoms. The summed E-state index contributed by atoms with van der Waals surface area (Å²) in [4.78, 5) is 29.2. The van der Waals surface area contributed by atoms with Gasteiger partial charge in [-0.2, -0.15) is 0 Å². The minimum absolute atomic E-state index is 0.125. The van der Waals surface area contributed by atoms with E-state index in [0.717, 1.165) is 11.3 Å². The fraction of sp³-hybridized carbons (Fsp3) is 0.278. The van der Waals surface area contributed by atoms with Crippen LogP contribution in [0.3, 0.4) is 0 Å². The van der Waals surface area contributed by atoms with E-state index < -0.39 is 0 Å². The van der Waals surface area contributed by atoms with Gasteiger partial charge in [0.15, 0.2) is 5.16 Å². The van der Waals surface area contributed by atoms with Gasteiger partial charge in [-0.1, -0.05) is 17.8 Å². The number of hydrogen-bond donors (Lipinski definition) is 2. The number of benzene rings is 1. The van der Waals surface area contributed by atoms with Crippen LogP contribution in [0.15, 0.2) is 39.6 Å². The van der Waals surface area contributed by atoms with Gasteiger partial charge in [0.25, 0.3) is 5.56 Å². The van der Waals surface area contributed by atoms with Crippen molar-refractivity contribution in [3.8, 4) is 0 Å². The molecule has 3 rings (SSSR count). The summed E-state index contributed by atoms with van der Waals surface area (Å²) in [5, 5.41) is 14.3. The number of carbonyl (C=O) groups is 1. The maximum atomic E-state index is 12.5. The van der Waals surface area contributed by atoms with Gasteiger partial charge in [0.1, 0.15) is 4.70 Å². The highest BCUT2D eigenvalue weighted by Crippen LogP contribution is 2.21. The van der Waals surface area contributed by atoms with E-state index in [2.05, 4.69) is 10.3 Å². The minimum Gasteiger partial charge on any atom is -0.395 e. The molecule has 0 saturated heterocycles. The molecule has 8 heteroatoms. The zero-order valence-electron chi connectivity index (χ0n) is 14.5. The van der Waals surface area contributed by atoms with Crippen molar-refractivity contribution >= 4 is 44.9 Å². The highest BCUT2D eigenvalue weighted by Gasteiger charge is 2.14. The monoisotopic (exact) mass is 389 g/mol. The molecule has 0 unspecified atom stereocenters. The molecular weight excluding hydrogens is 370 g/mol. The average Bonchev–Trinajstić information content (AvgIpc) is 3.08. The zero-order chi connectivity index (χ0) is 18.7. The lowest BCUT2D eigenvalue weighted by Gasteiger charge is -2.11. The zero-order valence-corrected chi connectivity index (χ0v) is 16.1. The van der Waals surface area contributed by atoms with Crippen molar-refractivity contribution in [1.29, 1.82) is 0 Å². The number of carbonyl (C=O) groups excluding carboxylic acids is 1. The van der Waals surface area contributed by atoms with Crippen molar-refractivity contribution in [3.05, 3.63) is 51.1 Å². The Morgan fingerprint density at radius 2 is 2.12 bits per heavy atom. The second kappa shape index (κ2) is 8.03. The highest BCUT2D eigenvalue weighted by atomic mass is 32.2. The molecular formula is C18H19N3O3S2. The van der Waals surface area contributed by atoms with E-state index in [4.69, 9.17) is 0 Å². The molecule has 1 aromatic carbocycles. The molecule has 2 aromatic heterocycles. The normalized spacial score (nSPS) is 11.0. The van der Waals surface area contributed by atoms with Crippen LogP contribution in [0.5, 0.6) is 0 Å². The van der Waals surface area contributed by atoms with Crippen LogP contribution in [-0.2, 0) is 11.3 Å². The number of thioether (sulfide) groups is 1. The first-order valence-electron chi connectivity index (χ1n) is 8.08. The number of aliphatic hydroxyl groups is 1. The second-order valence-corrected chi connectivity index (χ2v) is 7.70. The molecule has 2 heterocycles. The number of nitrogens with zero attached hydrogens (tertiary/aromatic N) is 2. The number of hydrogen-bond acceptors (Lipinski definition) is 6. The van der Waals surface area contributed by atoms with E-state index in [0.29, 0.717) is 15.4 Å². The average molecular weight is 390 g/mol. The van der Waals surface area contributed by atoms with Gasteiger partial charge < -0.3 is 10.4 Å². The molecule has 0 aliphatic carbocycles. The van der Waals surface area contributed by atoms with Crippen molar-refractivity contribution in [1.82, 2.24) is 9.55 Å². The number of aliphatic hydroxyl groups excluding tert-OH is 1. The predicted molar refractivity (Wildman–Crippen MR) is 106 cm³/mol. The summed E-state index contributed by atoms with van der Waals surface area (Å²) >= 11 is 2.51. The Balaban J connectivity index is 1.76. The van der Waals surface area contributed by atoms with Gasteiger partial charge in [-0.3, -0.25) is 14.2 Å². The molecule has 0 atom stereocenters. The molecule has 2 N–H and O–H groups in total. The first-order chi connectivity index (χ1) is 12.5. The van der Waals surface area contributed by atoms with Crippen LogP contribution in [0.2, 0.25) is 0 Å². The van der Waals surface area contributed by atoms with Crippen molar-refractivity contribution in [2.24, 2.45) is 0 Å². The Morgan fingerprint density at radius 1 is 1.31 bits per heavy atom. The van der Waals surface area contributed by atoms with Gasteiger partial charge in [-0.25, -0.2) is 4.98 Å². The lowest BCUT2D eigenvalue weighted by molar-refractivity contribution is -0.113. The lowest BCUT2D eigenvalue weighted by Crippen LogP contribution is -2.25. The smallest absolute Gasteiger partial charge is 0.272 e. The molecule has 3 aromatic rings. The summed E-state index contributed by atoms with van der Waals surface area (Å²) in [6.45, 7) is 4.00. The minimum atomic E-state index is -0.184. The van der Waals surface area contributed by atoms with Crippen LogP contribution in [0.4, 0.5) is 5.69 Å². The van der Waals surface area contributed by atoms with E-state index >= 15 is 0 Å². The number of aromatic nitrogens is 2.